The standard InChI is InChI=1S/C58H95N15O22S/c1-26(2)21-33(65-51(87)36(25-74)68-54(90)44(27(3)4)70-53(89)38-12-9-18-72(38)56(92)30(59)13-15-39(60)76)50(86)71-46(29(7)75)55(91)67-34(22-40(61)77)48(84)64-32(17-20-96-8)57(93)73-19-10-11-37(73)52(88)66-35(23-43(81)82)49(85)63-31(14-16-42(79)80)47(83)62-24-41(78)69-45(28(5)6)58(94)95/h26-38,44-46,74-75H,9-25,59H2,1-8H3,(H2,60,76)(H2,61,77)(H,62,83)(H,63,85)(H,64,84)(H,65,87)(H,66,88)(H,67,91)(H,68,90)(H,69,78)(H,70,89)(H,71,86)(H,79,80)(H,81,82)(H,94,95)/t29-,30+,31+,32+,33+,34+,35+,36+,37+,38+,44+,45+,46+/m1/s1. The Labute approximate surface area is 557 Å². The van der Waals surface area contributed by atoms with Crippen molar-refractivity contribution in [1.82, 2.24) is 63.0 Å². The van der Waals surface area contributed by atoms with Crippen LogP contribution in [-0.4, -0.2) is 253 Å². The topological polar surface area (TPSA) is 596 Å². The molecule has 0 spiro atoms. The molecular formula is C58H95N15O22S. The lowest BCUT2D eigenvalue weighted by molar-refractivity contribution is -0.144. The number of carboxylic acids is 3. The van der Waals surface area contributed by atoms with Gasteiger partial charge in [-0.2, -0.15) is 11.8 Å². The summed E-state index contributed by atoms with van der Waals surface area (Å²) in [5.74, 6) is -20.0. The first-order chi connectivity index (χ1) is 44.8. The second-order valence-electron chi connectivity index (χ2n) is 24.5. The van der Waals surface area contributed by atoms with E-state index in [0.717, 1.165) is 11.8 Å². The number of carbonyl (C=O) groups excluding carboxylic acids is 14. The predicted molar refractivity (Wildman–Crippen MR) is 338 cm³/mol. The van der Waals surface area contributed by atoms with E-state index in [4.69, 9.17) is 17.2 Å². The van der Waals surface area contributed by atoms with Gasteiger partial charge in [-0.3, -0.25) is 76.7 Å². The fourth-order valence-electron chi connectivity index (χ4n) is 10.2. The van der Waals surface area contributed by atoms with Crippen LogP contribution in [0.1, 0.15) is 126 Å². The number of primary amides is 2. The second kappa shape index (κ2) is 40.6. The van der Waals surface area contributed by atoms with Crippen LogP contribution in [0.2, 0.25) is 0 Å². The molecule has 37 nitrogen and oxygen atoms in total. The van der Waals surface area contributed by atoms with E-state index in [1.54, 1.807) is 34.0 Å². The van der Waals surface area contributed by atoms with Crippen LogP contribution < -0.4 is 70.4 Å². The monoisotopic (exact) mass is 1390 g/mol. The van der Waals surface area contributed by atoms with Crippen LogP contribution in [0.4, 0.5) is 0 Å². The van der Waals surface area contributed by atoms with Crippen LogP contribution in [0.3, 0.4) is 0 Å². The Morgan fingerprint density at radius 1 is 0.500 bits per heavy atom. The number of hydrogen-bond donors (Lipinski definition) is 18. The van der Waals surface area contributed by atoms with Crippen LogP contribution in [0.25, 0.3) is 0 Å². The molecule has 0 saturated carbocycles. The maximum Gasteiger partial charge on any atom is 0.326 e. The average molecular weight is 1390 g/mol. The third-order valence-electron chi connectivity index (χ3n) is 15.4. The van der Waals surface area contributed by atoms with Gasteiger partial charge in [0, 0.05) is 25.9 Å². The molecule has 0 unspecified atom stereocenters. The molecule has 2 fully saturated rings. The van der Waals surface area contributed by atoms with Gasteiger partial charge in [-0.05, 0) is 88.1 Å². The molecule has 21 N–H and O–H groups in total. The molecule has 2 aliphatic rings. The molecule has 2 rings (SSSR count). The Morgan fingerprint density at radius 3 is 1.48 bits per heavy atom. The van der Waals surface area contributed by atoms with Crippen molar-refractivity contribution < 1.29 is 107 Å². The van der Waals surface area contributed by atoms with E-state index in [0.29, 0.717) is 6.42 Å². The summed E-state index contributed by atoms with van der Waals surface area (Å²) in [7, 11) is 0. The number of nitrogens with zero attached hydrogens (tertiary/aromatic N) is 2. The number of nitrogens with one attached hydrogen (secondary N) is 10. The number of thioether (sulfide) groups is 1. The van der Waals surface area contributed by atoms with Crippen LogP contribution in [-0.2, 0) is 81.5 Å². The number of likely N-dealkylation sites (tertiary alicyclic amines) is 2. The van der Waals surface area contributed by atoms with Gasteiger partial charge in [-0.1, -0.05) is 41.5 Å². The summed E-state index contributed by atoms with van der Waals surface area (Å²) in [5.41, 5.74) is 16.7. The zero-order valence-corrected chi connectivity index (χ0v) is 55.8. The molecule has 14 amide bonds. The predicted octanol–water partition coefficient (Wildman–Crippen LogP) is -7.18. The Kier molecular flexibility index (Phi) is 35.2. The minimum absolute atomic E-state index is 0.0651. The number of aliphatic hydroxyl groups excluding tert-OH is 2. The van der Waals surface area contributed by atoms with Gasteiger partial charge in [0.1, 0.15) is 66.5 Å². The van der Waals surface area contributed by atoms with Crippen molar-refractivity contribution in [2.75, 3.05) is 38.2 Å². The number of rotatable bonds is 42. The minimum Gasteiger partial charge on any atom is -0.481 e. The van der Waals surface area contributed by atoms with Gasteiger partial charge in [-0.25, -0.2) is 4.79 Å². The summed E-state index contributed by atoms with van der Waals surface area (Å²) in [6.07, 6.45) is -3.34. The third kappa shape index (κ3) is 27.5. The quantitative estimate of drug-likeness (QED) is 0.0270. The highest BCUT2D eigenvalue weighted by molar-refractivity contribution is 7.98. The van der Waals surface area contributed by atoms with Crippen molar-refractivity contribution in [2.24, 2.45) is 35.0 Å². The molecule has 0 aromatic carbocycles. The highest BCUT2D eigenvalue weighted by Crippen LogP contribution is 2.22. The van der Waals surface area contributed by atoms with Crippen molar-refractivity contribution in [1.29, 1.82) is 0 Å². The normalized spacial score (nSPS) is 17.9. The third-order valence-corrected chi connectivity index (χ3v) is 16.0. The highest BCUT2D eigenvalue weighted by atomic mass is 32.2. The maximum atomic E-state index is 14.4. The van der Waals surface area contributed by atoms with Gasteiger partial charge in [0.15, 0.2) is 0 Å². The molecule has 0 radical (unpaired) electrons. The number of carbonyl (C=O) groups is 17. The lowest BCUT2D eigenvalue weighted by Gasteiger charge is -2.31. The molecule has 0 aromatic rings. The number of carboxylic acid groups (broad SMARTS) is 3. The summed E-state index contributed by atoms with van der Waals surface area (Å²) >= 11 is 1.22. The Hall–Kier alpha value is -8.78. The molecule has 2 heterocycles. The fraction of sp³-hybridized carbons (Fsp3) is 0.707. The molecule has 0 aromatic heterocycles. The molecule has 0 bridgehead atoms. The molecule has 13 atom stereocenters. The second-order valence-corrected chi connectivity index (χ2v) is 25.4. The van der Waals surface area contributed by atoms with Crippen molar-refractivity contribution in [3.63, 3.8) is 0 Å². The molecule has 0 aliphatic carbocycles. The molecule has 540 valence electrons. The van der Waals surface area contributed by atoms with E-state index in [-0.39, 0.29) is 69.7 Å². The highest BCUT2D eigenvalue weighted by Gasteiger charge is 2.43. The van der Waals surface area contributed by atoms with E-state index < -0.39 is 230 Å². The van der Waals surface area contributed by atoms with E-state index in [1.165, 1.54) is 30.5 Å². The summed E-state index contributed by atoms with van der Waals surface area (Å²) in [6.45, 7) is 8.70. The van der Waals surface area contributed by atoms with Gasteiger partial charge >= 0.3 is 17.9 Å². The maximum absolute atomic E-state index is 14.4. The largest absolute Gasteiger partial charge is 0.481 e. The van der Waals surface area contributed by atoms with Gasteiger partial charge in [-0.15, -0.1) is 0 Å². The lowest BCUT2D eigenvalue weighted by Crippen LogP contribution is -2.63. The SMILES string of the molecule is CSCC[C@H](NC(=O)[C@H](CC(N)=O)NC(=O)[C@@H](NC(=O)[C@H](CC(C)C)NC(=O)[C@H](CO)NC(=O)[C@@H](NC(=O)[C@@H]1CCCN1C(=O)[C@@H](N)CCC(N)=O)C(C)C)[C@@H](C)O)C(=O)N1CCC[C@H]1C(=O)N[C@@H](CC(=O)O)C(=O)N[C@@H](CCC(=O)O)C(=O)NCC(=O)N[C@H](C(=O)O)C(C)C. The summed E-state index contributed by atoms with van der Waals surface area (Å²) in [6, 6.07) is -18.7. The van der Waals surface area contributed by atoms with Crippen LogP contribution >= 0.6 is 11.8 Å². The number of amides is 14. The molecule has 2 aliphatic heterocycles. The first kappa shape index (κ1) is 83.3. The van der Waals surface area contributed by atoms with Crippen molar-refractivity contribution >= 4 is 112 Å². The fourth-order valence-corrected chi connectivity index (χ4v) is 10.7. The van der Waals surface area contributed by atoms with Gasteiger partial charge in [0.05, 0.1) is 38.1 Å². The van der Waals surface area contributed by atoms with E-state index in [9.17, 15) is 107 Å². The molecule has 96 heavy (non-hydrogen) atoms. The smallest absolute Gasteiger partial charge is 0.326 e. The summed E-state index contributed by atoms with van der Waals surface area (Å²) in [4.78, 5) is 226. The first-order valence-electron chi connectivity index (χ1n) is 31.2. The number of aliphatic hydroxyl groups is 2. The van der Waals surface area contributed by atoms with Gasteiger partial charge in [0.2, 0.25) is 82.7 Å². The zero-order valence-electron chi connectivity index (χ0n) is 55.0. The number of nitrogens with two attached hydrogens (primary N) is 3. The van der Waals surface area contributed by atoms with Crippen LogP contribution in [0.5, 0.6) is 0 Å². The average Bonchev–Trinajstić information content (AvgIpc) is 1.60. The van der Waals surface area contributed by atoms with Gasteiger partial charge < -0.3 is 106 Å². The van der Waals surface area contributed by atoms with E-state index >= 15 is 0 Å². The molecular weight excluding hydrogens is 1290 g/mol. The Bertz CT molecular complexity index is 2830. The minimum atomic E-state index is -1.98. The first-order valence-corrected chi connectivity index (χ1v) is 32.6. The number of aliphatic carboxylic acids is 3. The van der Waals surface area contributed by atoms with E-state index in [1.807, 2.05) is 0 Å². The molecule has 38 heteroatoms. The van der Waals surface area contributed by atoms with Crippen molar-refractivity contribution in [2.45, 2.75) is 204 Å². The van der Waals surface area contributed by atoms with Crippen molar-refractivity contribution in [3.8, 4) is 0 Å². The Morgan fingerprint density at radius 2 is 0.990 bits per heavy atom. The van der Waals surface area contributed by atoms with Crippen LogP contribution in [0.15, 0.2) is 0 Å². The van der Waals surface area contributed by atoms with Crippen LogP contribution in [0, 0.1) is 17.8 Å². The zero-order chi connectivity index (χ0) is 73.0. The lowest BCUT2D eigenvalue weighted by atomic mass is 10.0. The summed E-state index contributed by atoms with van der Waals surface area (Å²) < 4.78 is 0. The Balaban J connectivity index is 2.33. The number of hydrogen-bond acceptors (Lipinski definition) is 21. The molecule has 2 saturated heterocycles. The van der Waals surface area contributed by atoms with Gasteiger partial charge in [0.25, 0.3) is 0 Å². The van der Waals surface area contributed by atoms with E-state index in [2.05, 4.69) is 53.2 Å². The van der Waals surface area contributed by atoms with Crippen molar-refractivity contribution in [3.05, 3.63) is 0 Å². The summed E-state index contributed by atoms with van der Waals surface area (Å²) in [5, 5.41) is 72.9.